The van der Waals surface area contributed by atoms with Crippen molar-refractivity contribution in [2.24, 2.45) is 5.73 Å². The van der Waals surface area contributed by atoms with Crippen LogP contribution in [0.25, 0.3) is 17.1 Å². The third kappa shape index (κ3) is 17.1. The average Bonchev–Trinajstić information content (AvgIpc) is 0.870. The van der Waals surface area contributed by atoms with Crippen molar-refractivity contribution < 1.29 is 19.3 Å². The first-order valence-electron chi connectivity index (χ1n) is 26.0. The first kappa shape index (κ1) is 70.7. The van der Waals surface area contributed by atoms with E-state index in [-0.39, 0.29) is 145 Å². The molecule has 9 rings (SSSR count). The van der Waals surface area contributed by atoms with Crippen molar-refractivity contribution in [3.63, 3.8) is 0 Å². The van der Waals surface area contributed by atoms with Gasteiger partial charge in [-0.15, -0.1) is 15.3 Å². The molecule has 0 spiro atoms. The highest BCUT2D eigenvalue weighted by atomic mass is 79.9. The first-order chi connectivity index (χ1) is 42.6. The molecule has 476 valence electrons. The molecule has 0 aliphatic rings. The van der Waals surface area contributed by atoms with Gasteiger partial charge in [0.2, 0.25) is 17.6 Å². The fraction of sp³-hybridized carbons (Fsp3) is 0.264. The Labute approximate surface area is 543 Å². The van der Waals surface area contributed by atoms with E-state index in [1.807, 2.05) is 46.5 Å². The number of H-pyrrole nitrogens is 6. The van der Waals surface area contributed by atoms with Crippen LogP contribution in [0.4, 0.5) is 0 Å². The van der Waals surface area contributed by atoms with Gasteiger partial charge < -0.3 is 30.4 Å². The zero-order valence-corrected chi connectivity index (χ0v) is 54.3. The molecule has 30 nitrogen and oxygen atoms in total. The molecule has 37 heteroatoms. The third-order valence-corrected chi connectivity index (χ3v) is 14.1. The number of hydrogen-bond donors (Lipinski definition) is 9. The third-order valence-electron chi connectivity index (χ3n) is 11.9. The van der Waals surface area contributed by atoms with Crippen LogP contribution in [0.3, 0.4) is 0 Å². The van der Waals surface area contributed by atoms with Gasteiger partial charge >= 0.3 is 17.1 Å². The lowest BCUT2D eigenvalue weighted by Gasteiger charge is -2.12. The zero-order valence-electron chi connectivity index (χ0n) is 48.1. The summed E-state index contributed by atoms with van der Waals surface area (Å²) in [5.74, 6) is 0.357. The molecule has 6 aromatic heterocycles. The standard InChI is InChI=1S/C18H18Cl2N6O4.C17H14BrCl2N5O4.C17H15Cl2N5O5.CH5N/c1-8(2)10-6-14(23-24-16(10)27)30-15-11(19)4-9(5-12(15)20)26-18(29)22-17(28)13(25-26)7-21-3;1-7(2)9-5-13(22-23-15(9)26)29-14-10(19)3-8(4-11(14)20)25-17(28)21-16(27)12(6-18)24-25;1-7(2)9-5-13(21-22-15(9)26)29-14-10(18)3-8(4-11(14)19)24-17(28)20-16(27)12(6-25)23-24;1-2/h4-6,8,21H,7H2,1-3H3,(H,24,27)(H,22,28,29);3-5,7H,6H2,1-2H3,(H,23,26)(H,21,27,28);3-5,7,25H,6H2,1-2H3,(H,22,26)(H,20,27,28);2H2,1H3. The molecule has 0 unspecified atom stereocenters. The predicted octanol–water partition coefficient (Wildman–Crippen LogP) is 6.36. The summed E-state index contributed by atoms with van der Waals surface area (Å²) in [5, 5.41) is 42.9. The lowest BCUT2D eigenvalue weighted by Crippen LogP contribution is -2.35. The Kier molecular flexibility index (Phi) is 24.7. The quantitative estimate of drug-likeness (QED) is 0.0475. The minimum Gasteiger partial charge on any atom is -0.434 e. The van der Waals surface area contributed by atoms with Crippen LogP contribution < -0.4 is 75.7 Å². The van der Waals surface area contributed by atoms with Gasteiger partial charge in [-0.05, 0) is 68.2 Å². The van der Waals surface area contributed by atoms with Gasteiger partial charge in [-0.2, -0.15) is 29.3 Å². The molecule has 3 aromatic carbocycles. The second-order valence-corrected chi connectivity index (χ2v) is 22.1. The van der Waals surface area contributed by atoms with E-state index in [0.29, 0.717) is 16.7 Å². The maximum atomic E-state index is 12.2. The molecular weight excluding hydrogens is 1380 g/mol. The lowest BCUT2D eigenvalue weighted by molar-refractivity contribution is 0.271. The molecule has 0 saturated heterocycles. The Morgan fingerprint density at radius 1 is 0.467 bits per heavy atom. The largest absolute Gasteiger partial charge is 0.434 e. The van der Waals surface area contributed by atoms with Crippen LogP contribution in [0, 0.1) is 0 Å². The SMILES string of the molecule is CC(C)c1cc(Oc2c(Cl)cc(-n3nc(CBr)c(=O)[nH]c3=O)cc2Cl)n[nH]c1=O.CC(C)c1cc(Oc2c(Cl)cc(-n3nc(CO)c(=O)[nH]c3=O)cc2Cl)n[nH]c1=O.CN.CNCc1nn(-c2cc(Cl)c(Oc3cc(C(C)C)c(=O)[nH]n3)c(Cl)c2)c(=O)[nH]c1=O. The number of halogens is 7. The summed E-state index contributed by atoms with van der Waals surface area (Å²) in [6, 6.07) is 12.8. The molecule has 10 N–H and O–H groups in total. The Balaban J connectivity index is 0.000000212. The fourth-order valence-corrected chi connectivity index (χ4v) is 9.58. The van der Waals surface area contributed by atoms with E-state index < -0.39 is 40.4 Å². The molecule has 90 heavy (non-hydrogen) atoms. The van der Waals surface area contributed by atoms with Gasteiger partial charge in [0.25, 0.3) is 33.4 Å². The van der Waals surface area contributed by atoms with Gasteiger partial charge in [-0.3, -0.25) is 43.7 Å². The van der Waals surface area contributed by atoms with E-state index in [9.17, 15) is 48.3 Å². The molecule has 0 amide bonds. The summed E-state index contributed by atoms with van der Waals surface area (Å²) >= 11 is 40.9. The summed E-state index contributed by atoms with van der Waals surface area (Å²) in [4.78, 5) is 113. The summed E-state index contributed by atoms with van der Waals surface area (Å²) in [7, 11) is 3.14. The number of rotatable bonds is 16. The molecule has 0 atom stereocenters. The van der Waals surface area contributed by atoms with Crippen molar-refractivity contribution in [3.05, 3.63) is 212 Å². The second-order valence-electron chi connectivity index (χ2n) is 19.1. The molecule has 6 heterocycles. The molecule has 0 radical (unpaired) electrons. The van der Waals surface area contributed by atoms with Crippen LogP contribution in [-0.4, -0.2) is 94.1 Å². The molecule has 0 bridgehead atoms. The Morgan fingerprint density at radius 3 is 1.00 bits per heavy atom. The van der Waals surface area contributed by atoms with Crippen molar-refractivity contribution in [3.8, 4) is 52.0 Å². The molecule has 0 fully saturated rings. The van der Waals surface area contributed by atoms with Gasteiger partial charge in [0.1, 0.15) is 11.4 Å². The number of aromatic nitrogens is 15. The van der Waals surface area contributed by atoms with E-state index in [1.54, 1.807) is 7.05 Å². The number of aliphatic hydroxyl groups excluding tert-OH is 1. The summed E-state index contributed by atoms with van der Waals surface area (Å²) in [5.41, 5.74) is 1.26. The van der Waals surface area contributed by atoms with E-state index >= 15 is 0 Å². The van der Waals surface area contributed by atoms with Gasteiger partial charge in [0, 0.05) is 41.4 Å². The Bertz CT molecular complexity index is 4430. The number of aromatic amines is 6. The maximum Gasteiger partial charge on any atom is 0.349 e. The van der Waals surface area contributed by atoms with Crippen molar-refractivity contribution in [2.45, 2.75) is 77.8 Å². The van der Waals surface area contributed by atoms with E-state index in [2.05, 4.69) is 82.8 Å². The van der Waals surface area contributed by atoms with Crippen molar-refractivity contribution in [1.29, 1.82) is 0 Å². The van der Waals surface area contributed by atoms with Crippen LogP contribution >= 0.6 is 85.5 Å². The predicted molar refractivity (Wildman–Crippen MR) is 340 cm³/mol. The summed E-state index contributed by atoms with van der Waals surface area (Å²) in [6.07, 6.45) is 0. The monoisotopic (exact) mass is 1420 g/mol. The number of hydrogen-bond acceptors (Lipinski definition) is 21. The van der Waals surface area contributed by atoms with Crippen LogP contribution in [0.2, 0.25) is 30.1 Å². The van der Waals surface area contributed by atoms with Crippen molar-refractivity contribution in [2.75, 3.05) is 14.1 Å². The highest BCUT2D eigenvalue weighted by molar-refractivity contribution is 9.08. The lowest BCUT2D eigenvalue weighted by atomic mass is 10.1. The molecule has 0 aliphatic heterocycles. The second kappa shape index (κ2) is 31.4. The Morgan fingerprint density at radius 2 is 0.733 bits per heavy atom. The van der Waals surface area contributed by atoms with Gasteiger partial charge in [-0.25, -0.2) is 29.7 Å². The van der Waals surface area contributed by atoms with Crippen LogP contribution in [0.1, 0.15) is 93.1 Å². The number of nitrogens with one attached hydrogen (secondary N) is 7. The summed E-state index contributed by atoms with van der Waals surface area (Å²) < 4.78 is 19.7. The highest BCUT2D eigenvalue weighted by Crippen LogP contribution is 2.40. The van der Waals surface area contributed by atoms with E-state index in [0.717, 1.165) is 14.0 Å². The fourth-order valence-electron chi connectivity index (χ4n) is 7.56. The van der Waals surface area contributed by atoms with Crippen LogP contribution in [0.15, 0.2) is 97.7 Å². The number of nitrogens with two attached hydrogens (primary N) is 1. The van der Waals surface area contributed by atoms with Crippen LogP contribution in [0.5, 0.6) is 34.9 Å². The minimum absolute atomic E-state index is 0.0250. The number of alkyl halides is 1. The number of aliphatic hydroxyl groups is 1. The van der Waals surface area contributed by atoms with E-state index in [4.69, 9.17) is 83.8 Å². The molecule has 0 aliphatic carbocycles. The topological polar surface area (TPSA) is 426 Å². The highest BCUT2D eigenvalue weighted by Gasteiger charge is 2.21. The minimum atomic E-state index is -0.836. The van der Waals surface area contributed by atoms with Gasteiger partial charge in [0.05, 0.1) is 59.1 Å². The molecule has 0 saturated carbocycles. The number of nitrogens with zero attached hydrogens (tertiary/aromatic N) is 9. The number of ether oxygens (including phenoxy) is 3. The average molecular weight is 1430 g/mol. The first-order valence-corrected chi connectivity index (χ1v) is 29.4. The molecule has 9 aromatic rings. The van der Waals surface area contributed by atoms with Crippen molar-refractivity contribution >= 4 is 85.5 Å². The normalized spacial score (nSPS) is 10.9. The zero-order chi connectivity index (χ0) is 66.6. The molecular formula is C53H52BrCl6N17O13. The number of benzene rings is 3. The van der Waals surface area contributed by atoms with Crippen molar-refractivity contribution in [1.82, 2.24) is 80.2 Å². The summed E-state index contributed by atoms with van der Waals surface area (Å²) in [6.45, 7) is 10.6. The van der Waals surface area contributed by atoms with Gasteiger partial charge in [0.15, 0.2) is 22.9 Å². The van der Waals surface area contributed by atoms with Crippen LogP contribution in [-0.2, 0) is 18.5 Å². The van der Waals surface area contributed by atoms with E-state index in [1.165, 1.54) is 61.6 Å². The van der Waals surface area contributed by atoms with Gasteiger partial charge in [-0.1, -0.05) is 127 Å². The Hall–Kier alpha value is -8.37. The smallest absolute Gasteiger partial charge is 0.349 e. The maximum absolute atomic E-state index is 12.2.